The normalized spacial score (nSPS) is 4.50. The van der Waals surface area contributed by atoms with E-state index >= 15 is 0 Å². The summed E-state index contributed by atoms with van der Waals surface area (Å²) in [5, 5.41) is 0. The molecule has 0 unspecified atom stereocenters. The van der Waals surface area contributed by atoms with E-state index in [0.717, 1.165) is 0 Å². The molecule has 0 aliphatic carbocycles. The van der Waals surface area contributed by atoms with Crippen LogP contribution in [0.2, 0.25) is 13.1 Å². The van der Waals surface area contributed by atoms with E-state index in [2.05, 4.69) is 13.1 Å². The third-order valence-corrected chi connectivity index (χ3v) is 0. The maximum Gasteiger partial charge on any atom is 2.00 e. The van der Waals surface area contributed by atoms with Crippen LogP contribution >= 0.6 is 0 Å². The molecule has 0 atom stereocenters. The van der Waals surface area contributed by atoms with E-state index < -0.39 is 0 Å². The van der Waals surface area contributed by atoms with E-state index in [1.165, 1.54) is 0 Å². The Balaban J connectivity index is -0.00000000667. The number of hydrogen-bond acceptors (Lipinski definition) is 0. The van der Waals surface area contributed by atoms with Crippen LogP contribution in [-0.2, 0) is 0 Å². The van der Waals surface area contributed by atoms with Gasteiger partial charge in [0, 0.05) is 9.52 Å². The Morgan fingerprint density at radius 2 is 1.50 bits per heavy atom. The standard InChI is InChI=1S/C2H8Si.Mg.2H/c1-3-2;;;/h3H2,1-2H3;;;/q;+2;2*-1. The molecule has 2 heteroatoms. The smallest absolute Gasteiger partial charge is 1.00 e. The zero-order chi connectivity index (χ0) is 2.71. The first kappa shape index (κ1) is 8.88. The van der Waals surface area contributed by atoms with Gasteiger partial charge in [-0.1, -0.05) is 13.1 Å². The fourth-order valence-electron chi connectivity index (χ4n) is 0. The Morgan fingerprint density at radius 1 is 1.50 bits per heavy atom. The van der Waals surface area contributed by atoms with Crippen molar-refractivity contribution in [1.82, 2.24) is 0 Å². The summed E-state index contributed by atoms with van der Waals surface area (Å²) in [6, 6.07) is 0. The first-order chi connectivity index (χ1) is 1.41. The third-order valence-electron chi connectivity index (χ3n) is 0. The van der Waals surface area contributed by atoms with Crippen molar-refractivity contribution in [3.05, 3.63) is 0 Å². The molecular formula is C2H10MgSi. The number of rotatable bonds is 0. The van der Waals surface area contributed by atoms with Gasteiger partial charge in [-0.25, -0.2) is 0 Å². The van der Waals surface area contributed by atoms with Crippen LogP contribution < -0.4 is 0 Å². The fraction of sp³-hybridized carbons (Fsp3) is 1.00. The van der Waals surface area contributed by atoms with Crippen LogP contribution in [0, 0.1) is 0 Å². The first-order valence-corrected chi connectivity index (χ1v) is 4.24. The third kappa shape index (κ3) is 12.1. The quantitative estimate of drug-likeness (QED) is 0.367. The van der Waals surface area contributed by atoms with E-state index in [0.29, 0.717) is 9.52 Å². The van der Waals surface area contributed by atoms with Crippen molar-refractivity contribution in [2.75, 3.05) is 0 Å². The molecule has 0 aromatic heterocycles. The van der Waals surface area contributed by atoms with Crippen molar-refractivity contribution in [3.63, 3.8) is 0 Å². The SMILES string of the molecule is C[SiH2]C.[H-].[H-].[Mg+2]. The summed E-state index contributed by atoms with van der Waals surface area (Å²) in [5.74, 6) is 0. The van der Waals surface area contributed by atoms with Gasteiger partial charge in [0.1, 0.15) is 0 Å². The molecule has 0 bridgehead atoms. The fourth-order valence-corrected chi connectivity index (χ4v) is 0. The average molecular weight is 86.5 g/mol. The van der Waals surface area contributed by atoms with E-state index in [4.69, 9.17) is 0 Å². The first-order valence-electron chi connectivity index (χ1n) is 1.41. The molecule has 0 saturated carbocycles. The second kappa shape index (κ2) is 9.01. The molecule has 0 aliphatic rings. The van der Waals surface area contributed by atoms with E-state index in [1.807, 2.05) is 0 Å². The Hall–Kier alpha value is 0.983. The average Bonchev–Trinajstić information content (AvgIpc) is 0.918. The van der Waals surface area contributed by atoms with E-state index in [1.54, 1.807) is 0 Å². The predicted octanol–water partition coefficient (Wildman–Crippen LogP) is 0.0956. The second-order valence-electron chi connectivity index (χ2n) is 0.707. The summed E-state index contributed by atoms with van der Waals surface area (Å²) >= 11 is 0. The zero-order valence-electron chi connectivity index (χ0n) is 5.41. The van der Waals surface area contributed by atoms with Gasteiger partial charge in [-0.05, 0) is 0 Å². The van der Waals surface area contributed by atoms with Crippen molar-refractivity contribution in [2.24, 2.45) is 0 Å². The van der Waals surface area contributed by atoms with Crippen LogP contribution in [-0.4, -0.2) is 32.6 Å². The van der Waals surface area contributed by atoms with Gasteiger partial charge >= 0.3 is 23.1 Å². The minimum atomic E-state index is 0. The van der Waals surface area contributed by atoms with Gasteiger partial charge in [0.25, 0.3) is 0 Å². The monoisotopic (exact) mass is 86.0 g/mol. The topological polar surface area (TPSA) is 0 Å². The molecule has 0 saturated heterocycles. The van der Waals surface area contributed by atoms with Crippen LogP contribution in [0.4, 0.5) is 0 Å². The van der Waals surface area contributed by atoms with Crippen molar-refractivity contribution in [3.8, 4) is 0 Å². The largest absolute Gasteiger partial charge is 2.00 e. The molecule has 0 aliphatic heterocycles. The minimum absolute atomic E-state index is 0. The maximum absolute atomic E-state index is 2.26. The summed E-state index contributed by atoms with van der Waals surface area (Å²) < 4.78 is 0. The molecule has 0 nitrogen and oxygen atoms in total. The molecule has 0 N–H and O–H groups in total. The molecule has 0 fully saturated rings. The van der Waals surface area contributed by atoms with Crippen LogP contribution in [0.3, 0.4) is 0 Å². The molecule has 4 heavy (non-hydrogen) atoms. The zero-order valence-corrected chi connectivity index (χ0v) is 6.24. The molecule has 0 spiro atoms. The van der Waals surface area contributed by atoms with E-state index in [9.17, 15) is 0 Å². The van der Waals surface area contributed by atoms with Crippen LogP contribution in [0.25, 0.3) is 0 Å². The number of hydrogen-bond donors (Lipinski definition) is 0. The maximum atomic E-state index is 2.26. The Kier molecular flexibility index (Phi) is 20.0. The Morgan fingerprint density at radius 3 is 1.50 bits per heavy atom. The molecular weight excluding hydrogens is 76.4 g/mol. The van der Waals surface area contributed by atoms with Crippen molar-refractivity contribution in [1.29, 1.82) is 0 Å². The summed E-state index contributed by atoms with van der Waals surface area (Å²) in [6.45, 7) is 4.53. The summed E-state index contributed by atoms with van der Waals surface area (Å²) in [4.78, 5) is 0. The van der Waals surface area contributed by atoms with Gasteiger partial charge in [-0.2, -0.15) is 0 Å². The van der Waals surface area contributed by atoms with Gasteiger partial charge < -0.3 is 2.85 Å². The van der Waals surface area contributed by atoms with Crippen LogP contribution in [0.15, 0.2) is 0 Å². The molecule has 0 heterocycles. The molecule has 0 aromatic rings. The van der Waals surface area contributed by atoms with Crippen molar-refractivity contribution >= 4 is 32.6 Å². The van der Waals surface area contributed by atoms with Gasteiger partial charge in [0.05, 0.1) is 0 Å². The predicted molar refractivity (Wildman–Crippen MR) is 28.2 cm³/mol. The second-order valence-corrected chi connectivity index (χ2v) is 2.12. The molecule has 0 aromatic carbocycles. The summed E-state index contributed by atoms with van der Waals surface area (Å²) in [7, 11) is 0.417. The van der Waals surface area contributed by atoms with Crippen LogP contribution in [0.1, 0.15) is 2.85 Å². The molecule has 0 radical (unpaired) electrons. The van der Waals surface area contributed by atoms with Gasteiger partial charge in [0.2, 0.25) is 0 Å². The summed E-state index contributed by atoms with van der Waals surface area (Å²) in [6.07, 6.45) is 0. The van der Waals surface area contributed by atoms with Gasteiger partial charge in [0.15, 0.2) is 0 Å². The molecule has 0 amide bonds. The van der Waals surface area contributed by atoms with Crippen LogP contribution in [0.5, 0.6) is 0 Å². The minimum Gasteiger partial charge on any atom is -1.00 e. The van der Waals surface area contributed by atoms with Crippen molar-refractivity contribution < 1.29 is 2.85 Å². The summed E-state index contributed by atoms with van der Waals surface area (Å²) in [5.41, 5.74) is 0. The Labute approximate surface area is 48.9 Å². The van der Waals surface area contributed by atoms with Crippen molar-refractivity contribution in [2.45, 2.75) is 13.1 Å². The van der Waals surface area contributed by atoms with Gasteiger partial charge in [-0.15, -0.1) is 0 Å². The Bertz CT molecular complexity index is 11.5. The molecule has 24 valence electrons. The van der Waals surface area contributed by atoms with E-state index in [-0.39, 0.29) is 25.9 Å². The van der Waals surface area contributed by atoms with Gasteiger partial charge in [-0.3, -0.25) is 0 Å². The molecule has 0 rings (SSSR count).